The van der Waals surface area contributed by atoms with E-state index in [0.29, 0.717) is 18.8 Å². The molecule has 0 aromatic carbocycles. The van der Waals surface area contributed by atoms with Crippen LogP contribution in [0.2, 0.25) is 0 Å². The lowest BCUT2D eigenvalue weighted by Gasteiger charge is -2.34. The maximum atomic E-state index is 12.1. The Morgan fingerprint density at radius 2 is 1.89 bits per heavy atom. The second-order valence-corrected chi connectivity index (χ2v) is 4.60. The molecule has 1 aromatic rings. The predicted molar refractivity (Wildman–Crippen MR) is 70.1 cm³/mol. The second kappa shape index (κ2) is 5.83. The molecule has 2 heterocycles. The van der Waals surface area contributed by atoms with E-state index in [-0.39, 0.29) is 12.3 Å². The van der Waals surface area contributed by atoms with Gasteiger partial charge in [0.25, 0.3) is 5.56 Å². The smallest absolute Gasteiger partial charge is 0.325 e. The number of aromatic nitrogens is 2. The van der Waals surface area contributed by atoms with Crippen molar-refractivity contribution in [1.82, 2.24) is 19.8 Å². The van der Waals surface area contributed by atoms with Gasteiger partial charge in [-0.3, -0.25) is 14.6 Å². The Balaban J connectivity index is 1.98. The molecule has 7 nitrogen and oxygen atoms in total. The molecule has 2 N–H and O–H groups in total. The zero-order chi connectivity index (χ0) is 13.8. The molecule has 0 bridgehead atoms. The van der Waals surface area contributed by atoms with Crippen molar-refractivity contribution in [2.45, 2.75) is 13.3 Å². The standard InChI is InChI=1S/C12H18N4O3/c1-2-15-3-5-16(6-4-15)11(18)8-9-7-10(17)14-12(19)13-9/h7H,2-6,8H2,1H3,(H2,13,14,17,19). The van der Waals surface area contributed by atoms with Gasteiger partial charge in [0.15, 0.2) is 0 Å². The molecule has 0 radical (unpaired) electrons. The Hall–Kier alpha value is -1.89. The lowest BCUT2D eigenvalue weighted by atomic mass is 10.2. The number of hydrogen-bond acceptors (Lipinski definition) is 4. The zero-order valence-electron chi connectivity index (χ0n) is 10.9. The largest absolute Gasteiger partial charge is 0.340 e. The van der Waals surface area contributed by atoms with Gasteiger partial charge in [0, 0.05) is 37.9 Å². The van der Waals surface area contributed by atoms with Crippen LogP contribution in [0, 0.1) is 0 Å². The number of carbonyl (C=O) groups excluding carboxylic acids is 1. The molecule has 104 valence electrons. The van der Waals surface area contributed by atoms with Gasteiger partial charge in [-0.25, -0.2) is 4.79 Å². The van der Waals surface area contributed by atoms with Crippen molar-refractivity contribution in [1.29, 1.82) is 0 Å². The Morgan fingerprint density at radius 1 is 1.21 bits per heavy atom. The summed E-state index contributed by atoms with van der Waals surface area (Å²) in [7, 11) is 0. The number of amides is 1. The fraction of sp³-hybridized carbons (Fsp3) is 0.583. The summed E-state index contributed by atoms with van der Waals surface area (Å²) >= 11 is 0. The molecular formula is C12H18N4O3. The summed E-state index contributed by atoms with van der Waals surface area (Å²) in [5.74, 6) is -0.0583. The summed E-state index contributed by atoms with van der Waals surface area (Å²) in [6.07, 6.45) is 0.0608. The van der Waals surface area contributed by atoms with Crippen LogP contribution in [0.1, 0.15) is 12.6 Å². The summed E-state index contributed by atoms with van der Waals surface area (Å²) in [5, 5.41) is 0. The Kier molecular flexibility index (Phi) is 4.16. The van der Waals surface area contributed by atoms with E-state index in [1.165, 1.54) is 6.07 Å². The van der Waals surface area contributed by atoms with Gasteiger partial charge in [-0.1, -0.05) is 6.92 Å². The van der Waals surface area contributed by atoms with E-state index in [2.05, 4.69) is 21.8 Å². The van der Waals surface area contributed by atoms with Crippen LogP contribution in [-0.2, 0) is 11.2 Å². The Morgan fingerprint density at radius 3 is 2.47 bits per heavy atom. The van der Waals surface area contributed by atoms with Gasteiger partial charge in [0.1, 0.15) is 0 Å². The predicted octanol–water partition coefficient (Wildman–Crippen LogP) is -1.23. The number of rotatable bonds is 3. The molecule has 1 amide bonds. The number of hydrogen-bond donors (Lipinski definition) is 2. The Labute approximate surface area is 110 Å². The third-order valence-electron chi connectivity index (χ3n) is 3.33. The lowest BCUT2D eigenvalue weighted by Crippen LogP contribution is -2.49. The quantitative estimate of drug-likeness (QED) is 0.717. The van der Waals surface area contributed by atoms with Crippen LogP contribution in [0.15, 0.2) is 15.7 Å². The first-order valence-corrected chi connectivity index (χ1v) is 6.41. The van der Waals surface area contributed by atoms with E-state index in [1.54, 1.807) is 4.90 Å². The van der Waals surface area contributed by atoms with Crippen LogP contribution in [0.4, 0.5) is 0 Å². The molecule has 0 spiro atoms. The summed E-state index contributed by atoms with van der Waals surface area (Å²) < 4.78 is 0. The van der Waals surface area contributed by atoms with E-state index in [9.17, 15) is 14.4 Å². The van der Waals surface area contributed by atoms with E-state index < -0.39 is 11.2 Å². The molecule has 1 saturated heterocycles. The molecule has 1 aromatic heterocycles. The fourth-order valence-electron chi connectivity index (χ4n) is 2.20. The molecule has 7 heteroatoms. The monoisotopic (exact) mass is 266 g/mol. The van der Waals surface area contributed by atoms with Crippen molar-refractivity contribution < 1.29 is 4.79 Å². The zero-order valence-corrected chi connectivity index (χ0v) is 10.9. The summed E-state index contributed by atoms with van der Waals surface area (Å²) in [6, 6.07) is 1.25. The van der Waals surface area contributed by atoms with E-state index >= 15 is 0 Å². The number of aromatic amines is 2. The number of likely N-dealkylation sites (N-methyl/N-ethyl adjacent to an activating group) is 1. The van der Waals surface area contributed by atoms with Crippen molar-refractivity contribution in [3.8, 4) is 0 Å². The SMILES string of the molecule is CCN1CCN(C(=O)Cc2cc(=O)[nH]c(=O)[nH]2)CC1. The number of nitrogens with one attached hydrogen (secondary N) is 2. The minimum atomic E-state index is -0.578. The summed E-state index contributed by atoms with van der Waals surface area (Å²) in [6.45, 7) is 6.21. The fourth-order valence-corrected chi connectivity index (χ4v) is 2.20. The molecule has 2 rings (SSSR count). The highest BCUT2D eigenvalue weighted by Gasteiger charge is 2.20. The Bertz CT molecular complexity index is 526. The van der Waals surface area contributed by atoms with Gasteiger partial charge in [-0.2, -0.15) is 0 Å². The molecule has 1 aliphatic heterocycles. The first-order chi connectivity index (χ1) is 9.08. The van der Waals surface area contributed by atoms with Crippen LogP contribution < -0.4 is 11.2 Å². The molecule has 0 saturated carbocycles. The van der Waals surface area contributed by atoms with Crippen LogP contribution in [0.5, 0.6) is 0 Å². The topological polar surface area (TPSA) is 89.3 Å². The second-order valence-electron chi connectivity index (χ2n) is 4.60. The third-order valence-corrected chi connectivity index (χ3v) is 3.33. The first kappa shape index (κ1) is 13.5. The summed E-state index contributed by atoms with van der Waals surface area (Å²) in [4.78, 5) is 42.9. The van der Waals surface area contributed by atoms with Crippen LogP contribution in [0.25, 0.3) is 0 Å². The van der Waals surface area contributed by atoms with E-state index in [4.69, 9.17) is 0 Å². The van der Waals surface area contributed by atoms with Crippen molar-refractivity contribution in [3.05, 3.63) is 32.6 Å². The molecule has 19 heavy (non-hydrogen) atoms. The van der Waals surface area contributed by atoms with E-state index in [1.807, 2.05) is 0 Å². The molecule has 0 aliphatic carbocycles. The minimum absolute atomic E-state index is 0.0583. The maximum absolute atomic E-state index is 12.1. The number of carbonyl (C=O) groups is 1. The molecule has 0 unspecified atom stereocenters. The van der Waals surface area contributed by atoms with Gasteiger partial charge < -0.3 is 14.8 Å². The van der Waals surface area contributed by atoms with Gasteiger partial charge >= 0.3 is 5.69 Å². The van der Waals surface area contributed by atoms with Gasteiger partial charge in [-0.15, -0.1) is 0 Å². The van der Waals surface area contributed by atoms with Crippen LogP contribution >= 0.6 is 0 Å². The highest BCUT2D eigenvalue weighted by Crippen LogP contribution is 2.03. The highest BCUT2D eigenvalue weighted by molar-refractivity contribution is 5.78. The van der Waals surface area contributed by atoms with E-state index in [0.717, 1.165) is 19.6 Å². The van der Waals surface area contributed by atoms with Crippen molar-refractivity contribution in [2.75, 3.05) is 32.7 Å². The number of H-pyrrole nitrogens is 2. The van der Waals surface area contributed by atoms with Crippen LogP contribution in [0.3, 0.4) is 0 Å². The molecule has 1 fully saturated rings. The molecule has 1 aliphatic rings. The number of nitrogens with zero attached hydrogens (tertiary/aromatic N) is 2. The van der Waals surface area contributed by atoms with Gasteiger partial charge in [-0.05, 0) is 6.54 Å². The van der Waals surface area contributed by atoms with Gasteiger partial charge in [0.2, 0.25) is 5.91 Å². The molecule has 0 atom stereocenters. The third kappa shape index (κ3) is 3.54. The number of piperazine rings is 1. The highest BCUT2D eigenvalue weighted by atomic mass is 16.2. The average molecular weight is 266 g/mol. The summed E-state index contributed by atoms with van der Waals surface area (Å²) in [5.41, 5.74) is -0.704. The van der Waals surface area contributed by atoms with Gasteiger partial charge in [0.05, 0.1) is 6.42 Å². The first-order valence-electron chi connectivity index (χ1n) is 6.41. The average Bonchev–Trinajstić information content (AvgIpc) is 2.37. The van der Waals surface area contributed by atoms with Crippen LogP contribution in [-0.4, -0.2) is 58.4 Å². The van der Waals surface area contributed by atoms with Crippen molar-refractivity contribution >= 4 is 5.91 Å². The lowest BCUT2D eigenvalue weighted by molar-refractivity contribution is -0.132. The molecular weight excluding hydrogens is 248 g/mol. The maximum Gasteiger partial charge on any atom is 0.325 e. The minimum Gasteiger partial charge on any atom is -0.340 e. The van der Waals surface area contributed by atoms with Crippen molar-refractivity contribution in [3.63, 3.8) is 0 Å². The normalized spacial score (nSPS) is 16.6. The van der Waals surface area contributed by atoms with Crippen molar-refractivity contribution in [2.24, 2.45) is 0 Å².